The third kappa shape index (κ3) is 7.06. The van der Waals surface area contributed by atoms with Crippen molar-refractivity contribution in [3.8, 4) is 44.8 Å². The van der Waals surface area contributed by atoms with Gasteiger partial charge in [-0.15, -0.1) is 47.5 Å². The van der Waals surface area contributed by atoms with Gasteiger partial charge in [0.2, 0.25) is 0 Å². The third-order valence-corrected chi connectivity index (χ3v) is 9.72. The summed E-state index contributed by atoms with van der Waals surface area (Å²) in [6.45, 7) is -9.39. The van der Waals surface area contributed by atoms with Crippen LogP contribution < -0.4 is 0 Å². The zero-order valence-electron chi connectivity index (χ0n) is 41.6. The van der Waals surface area contributed by atoms with Crippen molar-refractivity contribution in [3.63, 3.8) is 0 Å². The number of rotatable bonds is 4. The number of hydrogen-bond donors (Lipinski definition) is 0. The van der Waals surface area contributed by atoms with Gasteiger partial charge in [-0.25, -0.2) is 0 Å². The number of hydrogen-bond acceptors (Lipinski definition) is 3. The molecule has 0 aliphatic heterocycles. The van der Waals surface area contributed by atoms with Crippen LogP contribution in [0.3, 0.4) is 0 Å². The Balaban J connectivity index is 0.000000201. The van der Waals surface area contributed by atoms with Gasteiger partial charge in [0.1, 0.15) is 5.58 Å². The van der Waals surface area contributed by atoms with Gasteiger partial charge in [-0.05, 0) is 99.5 Å². The number of nitrogens with zero attached hydrogens (tertiary/aromatic N) is 2. The second-order valence-electron chi connectivity index (χ2n) is 13.2. The van der Waals surface area contributed by atoms with Gasteiger partial charge in [0.05, 0.1) is 5.58 Å². The summed E-state index contributed by atoms with van der Waals surface area (Å²) >= 11 is 0. The Morgan fingerprint density at radius 3 is 2.23 bits per heavy atom. The smallest absolute Gasteiger partial charge is 0.121 e. The number of fused-ring (bicyclic) bond motifs is 6. The number of aromatic nitrogens is 2. The fraction of sp³-hybridized carbons (Fsp3) is 0.0769. The quantitative estimate of drug-likeness (QED) is 0.130. The minimum atomic E-state index is -2.50. The maximum Gasteiger partial charge on any atom is 0.121 e. The van der Waals surface area contributed by atoms with E-state index in [0.29, 0.717) is 44.8 Å². The predicted molar refractivity (Wildman–Crippen MR) is 229 cm³/mol. The first-order valence-electron chi connectivity index (χ1n) is 23.6. The van der Waals surface area contributed by atoms with Crippen LogP contribution in [0.15, 0.2) is 162 Å². The van der Waals surface area contributed by atoms with Crippen molar-refractivity contribution in [2.24, 2.45) is 0 Å². The van der Waals surface area contributed by atoms with Crippen LogP contribution in [-0.4, -0.2) is 9.97 Å². The summed E-state index contributed by atoms with van der Waals surface area (Å²) in [5.41, 5.74) is 6.50. The molecule has 3 heterocycles. The van der Waals surface area contributed by atoms with Gasteiger partial charge in [0, 0.05) is 54.3 Å². The molecule has 0 aliphatic carbocycles. The van der Waals surface area contributed by atoms with E-state index in [-0.39, 0.29) is 42.4 Å². The minimum absolute atomic E-state index is 0. The van der Waals surface area contributed by atoms with E-state index in [0.717, 1.165) is 43.5 Å². The van der Waals surface area contributed by atoms with Gasteiger partial charge in [-0.3, -0.25) is 0 Å². The first-order chi connectivity index (χ1) is 31.7. The normalized spacial score (nSPS) is 15.1. The molecular formula is C52H38IrN2O-2. The topological polar surface area (TPSA) is 38.9 Å². The van der Waals surface area contributed by atoms with Gasteiger partial charge < -0.3 is 14.4 Å². The van der Waals surface area contributed by atoms with Crippen LogP contribution >= 0.6 is 0 Å². The fourth-order valence-electron chi connectivity index (χ4n) is 7.01. The Morgan fingerprint density at radius 1 is 0.554 bits per heavy atom. The number of benzene rings is 7. The zero-order chi connectivity index (χ0) is 47.5. The molecule has 56 heavy (non-hydrogen) atoms. The van der Waals surface area contributed by atoms with E-state index in [4.69, 9.17) is 20.9 Å². The molecule has 0 fully saturated rings. The molecule has 0 bridgehead atoms. The molecule has 0 amide bonds. The molecule has 0 unspecified atom stereocenters. The summed E-state index contributed by atoms with van der Waals surface area (Å²) in [5, 5.41) is 6.46. The van der Waals surface area contributed by atoms with Crippen LogP contribution in [-0.2, 0) is 20.1 Å². The van der Waals surface area contributed by atoms with Gasteiger partial charge >= 0.3 is 0 Å². The molecule has 10 rings (SSSR count). The molecule has 7 aromatic carbocycles. The molecule has 0 N–H and O–H groups in total. The second-order valence-corrected chi connectivity index (χ2v) is 13.2. The van der Waals surface area contributed by atoms with Crippen molar-refractivity contribution in [3.05, 3.63) is 192 Å². The molecule has 4 heteroatoms. The predicted octanol–water partition coefficient (Wildman–Crippen LogP) is 13.9. The number of aryl methyl sites for hydroxylation is 4. The third-order valence-electron chi connectivity index (χ3n) is 9.72. The molecule has 3 nitrogen and oxygen atoms in total. The summed E-state index contributed by atoms with van der Waals surface area (Å²) < 4.78 is 99.4. The molecule has 0 aliphatic rings. The Hall–Kier alpha value is -6.19. The Bertz CT molecular complexity index is 3470. The van der Waals surface area contributed by atoms with E-state index in [2.05, 4.69) is 58.5 Å². The summed E-state index contributed by atoms with van der Waals surface area (Å²) in [5.74, 6) is 0. The first kappa shape index (κ1) is 25.1. The standard InChI is InChI=1S/C33H22NO.C19H16N.Ir/c1-20-10-13-25(21(2)16-20)24-14-15-34-31(18-24)28-9-5-8-27-30-17-23-12-11-22-6-3-4-7-26(22)29(23)19-32(30)35-33(27)28;1-14-8-11-19(20-13-14)17-10-9-15(2)18(12-17)16-6-4-3-5-7-16;/h3-8,10-19H,1-2H3;3-9,11-13H,1-2H3;/q2*-1;/i2*1D3,2D3;. The summed E-state index contributed by atoms with van der Waals surface area (Å²) in [6, 6.07) is 50.1. The summed E-state index contributed by atoms with van der Waals surface area (Å²) in [7, 11) is 0. The van der Waals surface area contributed by atoms with E-state index >= 15 is 0 Å². The van der Waals surface area contributed by atoms with Gasteiger partial charge in [0.25, 0.3) is 0 Å². The molecule has 273 valence electrons. The van der Waals surface area contributed by atoms with Gasteiger partial charge in [-0.1, -0.05) is 132 Å². The van der Waals surface area contributed by atoms with Gasteiger partial charge in [0.15, 0.2) is 0 Å². The fourth-order valence-corrected chi connectivity index (χ4v) is 7.01. The molecule has 0 atom stereocenters. The molecule has 3 aromatic heterocycles. The van der Waals surface area contributed by atoms with Crippen molar-refractivity contribution in [2.75, 3.05) is 0 Å². The van der Waals surface area contributed by atoms with Crippen LogP contribution in [0.5, 0.6) is 0 Å². The maximum atomic E-state index is 8.08. The second kappa shape index (κ2) is 15.5. The van der Waals surface area contributed by atoms with Crippen molar-refractivity contribution < 1.29 is 41.0 Å². The Morgan fingerprint density at radius 2 is 1.39 bits per heavy atom. The van der Waals surface area contributed by atoms with E-state index in [1.54, 1.807) is 36.5 Å². The van der Waals surface area contributed by atoms with Crippen molar-refractivity contribution >= 4 is 43.5 Å². The van der Waals surface area contributed by atoms with Crippen LogP contribution in [0.25, 0.3) is 88.3 Å². The molecule has 0 saturated carbocycles. The van der Waals surface area contributed by atoms with E-state index in [1.165, 1.54) is 30.5 Å². The molecule has 0 saturated heterocycles. The largest absolute Gasteiger partial charge is 0.501 e. The molecule has 0 spiro atoms. The van der Waals surface area contributed by atoms with Crippen LogP contribution in [0, 0.1) is 39.5 Å². The van der Waals surface area contributed by atoms with Crippen molar-refractivity contribution in [2.45, 2.75) is 27.4 Å². The molecular weight excluding hydrogens is 861 g/mol. The van der Waals surface area contributed by atoms with Crippen LogP contribution in [0.1, 0.15) is 38.7 Å². The van der Waals surface area contributed by atoms with Crippen molar-refractivity contribution in [1.82, 2.24) is 9.97 Å². The first-order valence-corrected chi connectivity index (χ1v) is 17.6. The monoisotopic (exact) mass is 911 g/mol. The minimum Gasteiger partial charge on any atom is -0.501 e. The number of pyridine rings is 2. The Kier molecular flexibility index (Phi) is 6.94. The summed E-state index contributed by atoms with van der Waals surface area (Å²) in [4.78, 5) is 8.79. The van der Waals surface area contributed by atoms with Crippen LogP contribution in [0.4, 0.5) is 0 Å². The number of furan rings is 1. The van der Waals surface area contributed by atoms with Gasteiger partial charge in [-0.2, -0.15) is 0 Å². The SMILES string of the molecule is [2H]C([2H])([2H])c1ccc(-c2[c-]cc(C([2H])([2H])[2H])c(-c3ccccc3)c2)nc1.[2H]C([2H])([2H])c1ccc(-c2ccnc(-c3[c-]ccc4c3oc3cc5c(ccc6ccccc65)cc34)c2)c(C([2H])([2H])[2H])c1.[Ir]. The van der Waals surface area contributed by atoms with Crippen LogP contribution in [0.2, 0.25) is 0 Å². The maximum absolute atomic E-state index is 8.08. The van der Waals surface area contributed by atoms with E-state index < -0.39 is 27.4 Å². The Labute approximate surface area is 357 Å². The average Bonchev–Trinajstić information content (AvgIpc) is 3.67. The molecule has 1 radical (unpaired) electrons. The van der Waals surface area contributed by atoms with Crippen molar-refractivity contribution in [1.29, 1.82) is 0 Å². The zero-order valence-corrected chi connectivity index (χ0v) is 32.0. The summed E-state index contributed by atoms with van der Waals surface area (Å²) in [6.07, 6.45) is 2.93. The average molecular weight is 911 g/mol. The van der Waals surface area contributed by atoms with E-state index in [1.807, 2.05) is 54.6 Å². The molecule has 10 aromatic rings. The van der Waals surface area contributed by atoms with E-state index in [9.17, 15) is 0 Å².